The predicted molar refractivity (Wildman–Crippen MR) is 118 cm³/mol. The van der Waals surface area contributed by atoms with Crippen LogP contribution in [0.4, 0.5) is 16.2 Å². The van der Waals surface area contributed by atoms with E-state index in [0.717, 1.165) is 9.99 Å². The molecule has 1 N–H and O–H groups in total. The van der Waals surface area contributed by atoms with E-state index in [-0.39, 0.29) is 0 Å². The first-order valence-corrected chi connectivity index (χ1v) is 9.29. The van der Waals surface area contributed by atoms with E-state index in [2.05, 4.69) is 18.1 Å². The number of urea groups is 1. The van der Waals surface area contributed by atoms with Crippen LogP contribution in [0.25, 0.3) is 0 Å². The number of nitrogens with zero attached hydrogens (tertiary/aromatic N) is 2. The Hall–Kier alpha value is -3.45. The molecule has 3 rings (SSSR count). The van der Waals surface area contributed by atoms with Crippen LogP contribution < -0.4 is 19.3 Å². The lowest BCUT2D eigenvalue weighted by molar-refractivity contribution is 0.0966. The van der Waals surface area contributed by atoms with Gasteiger partial charge in [0.05, 0.1) is 5.69 Å². The van der Waals surface area contributed by atoms with E-state index >= 15 is 0 Å². The van der Waals surface area contributed by atoms with Gasteiger partial charge in [-0.25, -0.2) is 9.10 Å². The molecule has 0 aromatic heterocycles. The number of thiol groups is 1. The Morgan fingerprint density at radius 2 is 1.48 bits per heavy atom. The van der Waals surface area contributed by atoms with Gasteiger partial charge in [0.2, 0.25) is 0 Å². The van der Waals surface area contributed by atoms with E-state index in [1.54, 1.807) is 54.6 Å². The van der Waals surface area contributed by atoms with Crippen molar-refractivity contribution in [2.45, 2.75) is 0 Å². The molecule has 0 saturated heterocycles. The number of hydrogen-bond acceptors (Lipinski definition) is 5. The summed E-state index contributed by atoms with van der Waals surface area (Å²) in [6.07, 6.45) is 0. The van der Waals surface area contributed by atoms with Gasteiger partial charge in [0.25, 0.3) is 5.91 Å². The van der Waals surface area contributed by atoms with Crippen molar-refractivity contribution in [3.8, 4) is 11.5 Å². The maximum absolute atomic E-state index is 12.5. The van der Waals surface area contributed by atoms with Crippen molar-refractivity contribution in [2.75, 3.05) is 23.3 Å². The van der Waals surface area contributed by atoms with E-state index in [4.69, 9.17) is 4.74 Å². The highest BCUT2D eigenvalue weighted by Gasteiger charge is 2.19. The molecule has 0 aliphatic rings. The van der Waals surface area contributed by atoms with Gasteiger partial charge in [0, 0.05) is 25.3 Å². The van der Waals surface area contributed by atoms with Gasteiger partial charge in [-0.2, -0.15) is 0 Å². The summed E-state index contributed by atoms with van der Waals surface area (Å²) in [7, 11) is 3.92. The normalized spacial score (nSPS) is 10.2. The second kappa shape index (κ2) is 9.16. The fraction of sp³-hybridized carbons (Fsp3) is 0.0909. The first kappa shape index (κ1) is 20.3. The smallest absolute Gasteiger partial charge is 0.338 e. The molecule has 0 aliphatic carbocycles. The van der Waals surface area contributed by atoms with Crippen LogP contribution in [0, 0.1) is 0 Å². The Bertz CT molecular complexity index is 992. The third-order valence-corrected chi connectivity index (χ3v) is 4.52. The van der Waals surface area contributed by atoms with Crippen molar-refractivity contribution in [1.82, 2.24) is 5.32 Å². The fourth-order valence-electron chi connectivity index (χ4n) is 2.58. The summed E-state index contributed by atoms with van der Waals surface area (Å²) in [6.45, 7) is 0. The van der Waals surface area contributed by atoms with Gasteiger partial charge in [-0.3, -0.25) is 10.1 Å². The Balaban J connectivity index is 1.75. The molecule has 6 nitrogen and oxygen atoms in total. The largest absolute Gasteiger partial charge is 0.455 e. The van der Waals surface area contributed by atoms with Crippen molar-refractivity contribution in [3.05, 3.63) is 84.4 Å². The molecule has 29 heavy (non-hydrogen) atoms. The molecule has 3 aromatic rings. The molecule has 0 atom stereocenters. The van der Waals surface area contributed by atoms with Crippen molar-refractivity contribution < 1.29 is 14.3 Å². The molecule has 0 spiro atoms. The van der Waals surface area contributed by atoms with E-state index < -0.39 is 11.9 Å². The summed E-state index contributed by atoms with van der Waals surface area (Å²) < 4.78 is 6.98. The van der Waals surface area contributed by atoms with Gasteiger partial charge >= 0.3 is 6.03 Å². The number of amides is 3. The van der Waals surface area contributed by atoms with E-state index in [0.29, 0.717) is 22.7 Å². The first-order chi connectivity index (χ1) is 14.0. The zero-order valence-electron chi connectivity index (χ0n) is 16.1. The summed E-state index contributed by atoms with van der Waals surface area (Å²) in [6, 6.07) is 22.3. The minimum absolute atomic E-state index is 0.383. The predicted octanol–water partition coefficient (Wildman–Crippen LogP) is 4.75. The van der Waals surface area contributed by atoms with Gasteiger partial charge in [0.1, 0.15) is 5.75 Å². The molecule has 7 heteroatoms. The highest BCUT2D eigenvalue weighted by molar-refractivity contribution is 7.82. The van der Waals surface area contributed by atoms with Crippen LogP contribution in [0.3, 0.4) is 0 Å². The first-order valence-electron chi connectivity index (χ1n) is 8.89. The Morgan fingerprint density at radius 1 is 0.862 bits per heavy atom. The second-order valence-electron chi connectivity index (χ2n) is 6.40. The molecule has 0 radical (unpaired) electrons. The van der Waals surface area contributed by atoms with Crippen molar-refractivity contribution >= 4 is 36.1 Å². The number of nitrogens with one attached hydrogen (secondary N) is 1. The van der Waals surface area contributed by atoms with Gasteiger partial charge in [-0.1, -0.05) is 43.1 Å². The number of hydrogen-bond donors (Lipinski definition) is 2. The zero-order chi connectivity index (χ0) is 20.8. The van der Waals surface area contributed by atoms with Gasteiger partial charge in [-0.15, -0.1) is 0 Å². The molecule has 3 amide bonds. The Labute approximate surface area is 175 Å². The molecule has 0 aliphatic heterocycles. The highest BCUT2D eigenvalue weighted by atomic mass is 32.1. The maximum atomic E-state index is 12.5. The standard InChI is InChI=1S/C22H21N3O3S/c1-24(2)17-12-14-18(15-13-17)28-20-11-7-6-10-19(20)25(29)22(27)23-21(26)16-8-4-3-5-9-16/h3-15,29H,1-2H3,(H,23,26,27). The minimum Gasteiger partial charge on any atom is -0.455 e. The number of rotatable bonds is 5. The van der Waals surface area contributed by atoms with Gasteiger partial charge in [-0.05, 0) is 48.5 Å². The topological polar surface area (TPSA) is 61.9 Å². The summed E-state index contributed by atoms with van der Waals surface area (Å²) in [5, 5.41) is 2.32. The molecule has 0 fully saturated rings. The quantitative estimate of drug-likeness (QED) is 0.600. The number of carbonyl (C=O) groups excluding carboxylic acids is 2. The molecule has 3 aromatic carbocycles. The lowest BCUT2D eigenvalue weighted by atomic mass is 10.2. The third kappa shape index (κ3) is 5.08. The summed E-state index contributed by atoms with van der Waals surface area (Å²) in [4.78, 5) is 26.7. The monoisotopic (exact) mass is 407 g/mol. The summed E-state index contributed by atoms with van der Waals surface area (Å²) >= 11 is 4.26. The van der Waals surface area contributed by atoms with Crippen molar-refractivity contribution in [3.63, 3.8) is 0 Å². The molecular formula is C22H21N3O3S. The number of ether oxygens (including phenoxy) is 1. The van der Waals surface area contributed by atoms with Crippen LogP contribution in [-0.2, 0) is 0 Å². The number of imide groups is 1. The Kier molecular flexibility index (Phi) is 6.41. The SMILES string of the molecule is CN(C)c1ccc(Oc2ccccc2N(S)C(=O)NC(=O)c2ccccc2)cc1. The molecule has 0 bridgehead atoms. The summed E-state index contributed by atoms with van der Waals surface area (Å²) in [5.74, 6) is 0.542. The second-order valence-corrected chi connectivity index (χ2v) is 6.80. The summed E-state index contributed by atoms with van der Waals surface area (Å²) in [5.41, 5.74) is 1.83. The van der Waals surface area contributed by atoms with Crippen LogP contribution in [0.15, 0.2) is 78.9 Å². The van der Waals surface area contributed by atoms with Gasteiger partial charge in [0.15, 0.2) is 5.75 Å². The fourth-order valence-corrected chi connectivity index (χ4v) is 2.79. The number of carbonyl (C=O) groups is 2. The van der Waals surface area contributed by atoms with E-state index in [9.17, 15) is 9.59 Å². The molecule has 148 valence electrons. The number of anilines is 2. The number of benzene rings is 3. The molecule has 0 saturated carbocycles. The van der Waals surface area contributed by atoms with Crippen LogP contribution in [-0.4, -0.2) is 26.0 Å². The van der Waals surface area contributed by atoms with Crippen LogP contribution in [0.2, 0.25) is 0 Å². The van der Waals surface area contributed by atoms with Crippen molar-refractivity contribution in [2.24, 2.45) is 0 Å². The van der Waals surface area contributed by atoms with Gasteiger partial charge < -0.3 is 9.64 Å². The lowest BCUT2D eigenvalue weighted by Crippen LogP contribution is -2.38. The van der Waals surface area contributed by atoms with E-state index in [1.165, 1.54) is 0 Å². The average molecular weight is 407 g/mol. The maximum Gasteiger partial charge on any atom is 0.338 e. The Morgan fingerprint density at radius 3 is 2.14 bits per heavy atom. The van der Waals surface area contributed by atoms with Crippen LogP contribution >= 0.6 is 12.8 Å². The molecule has 0 unspecified atom stereocenters. The highest BCUT2D eigenvalue weighted by Crippen LogP contribution is 2.33. The van der Waals surface area contributed by atoms with E-state index in [1.807, 2.05) is 43.3 Å². The van der Waals surface area contributed by atoms with Crippen molar-refractivity contribution in [1.29, 1.82) is 0 Å². The number of para-hydroxylation sites is 2. The minimum atomic E-state index is -0.679. The van der Waals surface area contributed by atoms with Crippen LogP contribution in [0.1, 0.15) is 10.4 Å². The van der Waals surface area contributed by atoms with Crippen LogP contribution in [0.5, 0.6) is 11.5 Å². The molecule has 0 heterocycles. The molecular weight excluding hydrogens is 386 g/mol. The average Bonchev–Trinajstić information content (AvgIpc) is 2.74. The lowest BCUT2D eigenvalue weighted by Gasteiger charge is -2.19. The third-order valence-electron chi connectivity index (χ3n) is 4.12. The zero-order valence-corrected chi connectivity index (χ0v) is 17.0.